The molecule has 0 aliphatic carbocycles. The number of rotatable bonds is 6. The first-order chi connectivity index (χ1) is 11.5. The van der Waals surface area contributed by atoms with Gasteiger partial charge in [-0.15, -0.1) is 0 Å². The van der Waals surface area contributed by atoms with Crippen molar-refractivity contribution in [2.24, 2.45) is 5.92 Å². The van der Waals surface area contributed by atoms with E-state index in [1.165, 1.54) is 7.11 Å². The first kappa shape index (κ1) is 17.2. The molecule has 24 heavy (non-hydrogen) atoms. The molecule has 0 fully saturated rings. The Morgan fingerprint density at radius 2 is 2.17 bits per heavy atom. The molecular formula is C17H17N3O4. The van der Waals surface area contributed by atoms with Gasteiger partial charge in [-0.1, -0.05) is 11.2 Å². The number of benzene rings is 1. The van der Waals surface area contributed by atoms with Crippen molar-refractivity contribution in [1.29, 1.82) is 5.26 Å². The minimum Gasteiger partial charge on any atom is -0.497 e. The highest BCUT2D eigenvalue weighted by atomic mass is 16.5. The van der Waals surface area contributed by atoms with Crippen LogP contribution in [-0.4, -0.2) is 24.0 Å². The quantitative estimate of drug-likeness (QED) is 0.815. The molecule has 2 aromatic rings. The van der Waals surface area contributed by atoms with Gasteiger partial charge in [0.15, 0.2) is 11.7 Å². The van der Waals surface area contributed by atoms with Crippen molar-refractivity contribution in [2.75, 3.05) is 12.4 Å². The second-order valence-electron chi connectivity index (χ2n) is 5.23. The number of nitrogens with one attached hydrogen (secondary N) is 1. The number of aryl methyl sites for hydroxylation is 2. The Hall–Kier alpha value is -3.14. The number of methoxy groups -OCH3 is 1. The molecule has 0 bridgehead atoms. The van der Waals surface area contributed by atoms with Crippen molar-refractivity contribution in [3.05, 3.63) is 41.3 Å². The average molecular weight is 327 g/mol. The van der Waals surface area contributed by atoms with Crippen molar-refractivity contribution in [2.45, 2.75) is 20.3 Å². The minimum absolute atomic E-state index is 0.0784. The molecule has 7 nitrogen and oxygen atoms in total. The van der Waals surface area contributed by atoms with Gasteiger partial charge >= 0.3 is 0 Å². The molecule has 0 saturated carbocycles. The number of nitrogens with zero attached hydrogens (tertiary/aromatic N) is 2. The molecule has 1 amide bonds. The van der Waals surface area contributed by atoms with Crippen LogP contribution < -0.4 is 10.1 Å². The van der Waals surface area contributed by atoms with Gasteiger partial charge < -0.3 is 14.6 Å². The second kappa shape index (κ2) is 7.42. The van der Waals surface area contributed by atoms with E-state index >= 15 is 0 Å². The maximum atomic E-state index is 12.3. The van der Waals surface area contributed by atoms with Gasteiger partial charge in [0.2, 0.25) is 5.91 Å². The molecule has 0 saturated heterocycles. The van der Waals surface area contributed by atoms with E-state index < -0.39 is 17.6 Å². The Kier molecular flexibility index (Phi) is 5.32. The Balaban J connectivity index is 2.11. The van der Waals surface area contributed by atoms with E-state index in [0.29, 0.717) is 28.5 Å². The summed E-state index contributed by atoms with van der Waals surface area (Å²) in [6, 6.07) is 8.42. The molecule has 1 aromatic heterocycles. The fraction of sp³-hybridized carbons (Fsp3) is 0.294. The van der Waals surface area contributed by atoms with E-state index in [-0.39, 0.29) is 6.42 Å². The summed E-state index contributed by atoms with van der Waals surface area (Å²) in [4.78, 5) is 24.6. The predicted molar refractivity (Wildman–Crippen MR) is 85.4 cm³/mol. The maximum Gasteiger partial charge on any atom is 0.249 e. The number of hydrogen-bond acceptors (Lipinski definition) is 6. The van der Waals surface area contributed by atoms with Crippen molar-refractivity contribution >= 4 is 17.4 Å². The molecular weight excluding hydrogens is 310 g/mol. The van der Waals surface area contributed by atoms with Gasteiger partial charge in [-0.05, 0) is 26.0 Å². The molecule has 1 N–H and O–H groups in total. The third-order valence-corrected chi connectivity index (χ3v) is 3.58. The Morgan fingerprint density at radius 3 is 2.75 bits per heavy atom. The Morgan fingerprint density at radius 1 is 1.42 bits per heavy atom. The number of amides is 1. The molecule has 0 aliphatic rings. The first-order valence-corrected chi connectivity index (χ1v) is 7.25. The zero-order valence-corrected chi connectivity index (χ0v) is 13.6. The van der Waals surface area contributed by atoms with Crippen molar-refractivity contribution in [3.63, 3.8) is 0 Å². The summed E-state index contributed by atoms with van der Waals surface area (Å²) < 4.78 is 10.1. The maximum absolute atomic E-state index is 12.3. The number of Topliss-reactive ketones (excluding diaryl/α,β-unsaturated/α-hetero) is 1. The first-order valence-electron chi connectivity index (χ1n) is 7.25. The third-order valence-electron chi connectivity index (χ3n) is 3.58. The zero-order valence-electron chi connectivity index (χ0n) is 13.6. The minimum atomic E-state index is -1.41. The Labute approximate surface area is 139 Å². The summed E-state index contributed by atoms with van der Waals surface area (Å²) >= 11 is 0. The average Bonchev–Trinajstić information content (AvgIpc) is 2.87. The van der Waals surface area contributed by atoms with Crippen LogP contribution in [0, 0.1) is 31.1 Å². The van der Waals surface area contributed by atoms with Gasteiger partial charge in [-0.2, -0.15) is 5.26 Å². The van der Waals surface area contributed by atoms with Crippen molar-refractivity contribution in [1.82, 2.24) is 5.16 Å². The summed E-state index contributed by atoms with van der Waals surface area (Å²) in [7, 11) is 1.51. The van der Waals surface area contributed by atoms with E-state index in [4.69, 9.17) is 9.26 Å². The topological polar surface area (TPSA) is 105 Å². The number of nitriles is 1. The number of hydrogen-bond donors (Lipinski definition) is 1. The van der Waals surface area contributed by atoms with E-state index in [0.717, 1.165) is 0 Å². The molecule has 0 unspecified atom stereocenters. The monoisotopic (exact) mass is 327 g/mol. The highest BCUT2D eigenvalue weighted by Gasteiger charge is 2.28. The molecule has 0 spiro atoms. The predicted octanol–water partition coefficient (Wildman–Crippen LogP) is 2.19. The molecule has 124 valence electrons. The standard InChI is InChI=1S/C17H17N3O4/c1-10-14(11(2)24-20-10)8-16(21)15(9-18)17(22)19-12-5-4-6-13(7-12)23-3/h4-7,15H,8H2,1-3H3,(H,19,22)/t15-/m1/s1. The van der Waals surface area contributed by atoms with Crippen LogP contribution in [0.25, 0.3) is 0 Å². The van der Waals surface area contributed by atoms with Gasteiger partial charge in [0.1, 0.15) is 11.5 Å². The number of ketones is 1. The van der Waals surface area contributed by atoms with E-state index in [2.05, 4.69) is 10.5 Å². The number of carbonyl (C=O) groups excluding carboxylic acids is 2. The summed E-state index contributed by atoms with van der Waals surface area (Å²) in [5.41, 5.74) is 1.63. The molecule has 7 heteroatoms. The molecule has 0 aliphatic heterocycles. The van der Waals surface area contributed by atoms with E-state index in [9.17, 15) is 14.9 Å². The zero-order chi connectivity index (χ0) is 17.7. The molecule has 1 aromatic carbocycles. The highest BCUT2D eigenvalue weighted by molar-refractivity contribution is 6.10. The van der Waals surface area contributed by atoms with Crippen molar-refractivity contribution in [3.8, 4) is 11.8 Å². The lowest BCUT2D eigenvalue weighted by Gasteiger charge is -2.10. The van der Waals surface area contributed by atoms with Crippen LogP contribution in [0.15, 0.2) is 28.8 Å². The van der Waals surface area contributed by atoms with Crippen LogP contribution >= 0.6 is 0 Å². The summed E-state index contributed by atoms with van der Waals surface area (Å²) in [5.74, 6) is -1.53. The highest BCUT2D eigenvalue weighted by Crippen LogP contribution is 2.19. The van der Waals surface area contributed by atoms with Crippen LogP contribution in [-0.2, 0) is 16.0 Å². The van der Waals surface area contributed by atoms with Crippen LogP contribution in [0.2, 0.25) is 0 Å². The van der Waals surface area contributed by atoms with Crippen molar-refractivity contribution < 1.29 is 18.8 Å². The normalized spacial score (nSPS) is 11.4. The van der Waals surface area contributed by atoms with Gasteiger partial charge in [-0.25, -0.2) is 0 Å². The van der Waals surface area contributed by atoms with Crippen LogP contribution in [0.1, 0.15) is 17.0 Å². The lowest BCUT2D eigenvalue weighted by molar-refractivity contribution is -0.128. The summed E-state index contributed by atoms with van der Waals surface area (Å²) in [6.07, 6.45) is -0.0784. The number of ether oxygens (including phenoxy) is 1. The lowest BCUT2D eigenvalue weighted by atomic mass is 9.97. The van der Waals surface area contributed by atoms with E-state index in [1.54, 1.807) is 44.2 Å². The lowest BCUT2D eigenvalue weighted by Crippen LogP contribution is -2.29. The largest absolute Gasteiger partial charge is 0.497 e. The van der Waals surface area contributed by atoms with Crippen LogP contribution in [0.3, 0.4) is 0 Å². The smallest absolute Gasteiger partial charge is 0.249 e. The van der Waals surface area contributed by atoms with Gasteiger partial charge in [0.25, 0.3) is 0 Å². The number of aromatic nitrogens is 1. The fourth-order valence-electron chi connectivity index (χ4n) is 2.22. The number of anilines is 1. The van der Waals surface area contributed by atoms with Gasteiger partial charge in [0.05, 0.1) is 18.9 Å². The Bertz CT molecular complexity index is 785. The molecule has 0 radical (unpaired) electrons. The van der Waals surface area contributed by atoms with Crippen LogP contribution in [0.5, 0.6) is 5.75 Å². The second-order valence-corrected chi connectivity index (χ2v) is 5.23. The van der Waals surface area contributed by atoms with Gasteiger partial charge in [0, 0.05) is 23.7 Å². The molecule has 1 heterocycles. The van der Waals surface area contributed by atoms with E-state index in [1.807, 2.05) is 0 Å². The fourth-order valence-corrected chi connectivity index (χ4v) is 2.22. The van der Waals surface area contributed by atoms with Gasteiger partial charge in [-0.3, -0.25) is 9.59 Å². The third kappa shape index (κ3) is 3.79. The SMILES string of the molecule is COc1cccc(NC(=O)[C@H](C#N)C(=O)Cc2c(C)noc2C)c1. The molecule has 2 rings (SSSR count). The summed E-state index contributed by atoms with van der Waals surface area (Å²) in [5, 5.41) is 15.5. The summed E-state index contributed by atoms with van der Waals surface area (Å²) in [6.45, 7) is 3.39. The number of carbonyl (C=O) groups is 2. The molecule has 1 atom stereocenters. The van der Waals surface area contributed by atoms with Crippen LogP contribution in [0.4, 0.5) is 5.69 Å².